The third-order valence-electron chi connectivity index (χ3n) is 6.41. The van der Waals surface area contributed by atoms with Crippen LogP contribution in [0.25, 0.3) is 22.7 Å². The molecule has 2 aromatic heterocycles. The molecule has 11 heteroatoms. The number of aromatic nitrogens is 3. The number of carboxylic acid groups (broad SMARTS) is 1. The third-order valence-corrected chi connectivity index (χ3v) is 6.41. The van der Waals surface area contributed by atoms with E-state index in [0.29, 0.717) is 48.7 Å². The first-order valence-electron chi connectivity index (χ1n) is 12.1. The van der Waals surface area contributed by atoms with Crippen LogP contribution < -0.4 is 9.47 Å². The zero-order valence-corrected chi connectivity index (χ0v) is 20.8. The Bertz CT molecular complexity index is 1490. The summed E-state index contributed by atoms with van der Waals surface area (Å²) in [7, 11) is 0. The highest BCUT2D eigenvalue weighted by Crippen LogP contribution is 2.32. The first-order chi connectivity index (χ1) is 18.3. The van der Waals surface area contributed by atoms with Crippen molar-refractivity contribution >= 4 is 23.1 Å². The Balaban J connectivity index is 1.28. The highest BCUT2D eigenvalue weighted by atomic mass is 19.1. The molecular formula is C27H25FN4O6. The number of likely N-dealkylation sites (tertiary alicyclic amines) is 1. The van der Waals surface area contributed by atoms with Gasteiger partial charge in [-0.3, -0.25) is 9.59 Å². The number of oxazole rings is 1. The molecule has 1 N–H and O–H groups in total. The monoisotopic (exact) mass is 520 g/mol. The van der Waals surface area contributed by atoms with E-state index in [1.54, 1.807) is 17.0 Å². The van der Waals surface area contributed by atoms with E-state index < -0.39 is 17.7 Å². The van der Waals surface area contributed by atoms with Crippen LogP contribution in [0.15, 0.2) is 47.0 Å². The van der Waals surface area contributed by atoms with Gasteiger partial charge in [-0.15, -0.1) is 0 Å². The molecule has 1 fully saturated rings. The highest BCUT2D eigenvalue weighted by Gasteiger charge is 2.27. The van der Waals surface area contributed by atoms with Crippen molar-refractivity contribution < 1.29 is 33.0 Å². The fraction of sp³-hybridized carbons (Fsp3) is 0.296. The summed E-state index contributed by atoms with van der Waals surface area (Å²) < 4.78 is 31.0. The number of carbonyl (C=O) groups excluding carboxylic acids is 1. The fourth-order valence-corrected chi connectivity index (χ4v) is 4.42. The lowest BCUT2D eigenvalue weighted by Crippen LogP contribution is -2.42. The van der Waals surface area contributed by atoms with Gasteiger partial charge in [-0.2, -0.15) is 4.98 Å². The molecule has 0 atom stereocenters. The van der Waals surface area contributed by atoms with Crippen molar-refractivity contribution in [2.45, 2.75) is 26.7 Å². The molecule has 0 radical (unpaired) electrons. The van der Waals surface area contributed by atoms with E-state index in [0.717, 1.165) is 11.1 Å². The molecule has 1 aliphatic heterocycles. The molecule has 0 bridgehead atoms. The van der Waals surface area contributed by atoms with Crippen molar-refractivity contribution in [1.82, 2.24) is 19.9 Å². The Morgan fingerprint density at radius 1 is 1.13 bits per heavy atom. The molecule has 0 unspecified atom stereocenters. The standard InChI is InChI=1S/C27H25FN4O6/c1-15-11-18(12-16(2)23(15)36-14-22(33)32-9-7-17(8-10-32)26(34)35)24-30-20-13-29-27(31-25(20)38-24)37-21-6-4-3-5-19(21)28/h3-6,11-13,17H,7-10,14H2,1-2H3,(H,34,35). The van der Waals surface area contributed by atoms with Crippen LogP contribution in [0, 0.1) is 25.6 Å². The Morgan fingerprint density at radius 2 is 1.84 bits per heavy atom. The van der Waals surface area contributed by atoms with Crippen LogP contribution >= 0.6 is 0 Å². The molecule has 0 spiro atoms. The van der Waals surface area contributed by atoms with Crippen LogP contribution in [0.1, 0.15) is 24.0 Å². The number of carboxylic acids is 1. The number of rotatable bonds is 7. The molecule has 4 aromatic rings. The number of hydrogen-bond donors (Lipinski definition) is 1. The summed E-state index contributed by atoms with van der Waals surface area (Å²) in [5.41, 5.74) is 2.86. The number of nitrogens with zero attached hydrogens (tertiary/aromatic N) is 4. The Morgan fingerprint density at radius 3 is 2.53 bits per heavy atom. The lowest BCUT2D eigenvalue weighted by Gasteiger charge is -2.30. The molecule has 5 rings (SSSR count). The van der Waals surface area contributed by atoms with Gasteiger partial charge in [0.25, 0.3) is 11.6 Å². The van der Waals surface area contributed by atoms with Crippen LogP contribution in [0.2, 0.25) is 0 Å². The van der Waals surface area contributed by atoms with E-state index in [1.165, 1.54) is 18.3 Å². The van der Waals surface area contributed by atoms with Crippen LogP contribution in [0.4, 0.5) is 4.39 Å². The van der Waals surface area contributed by atoms with Crippen molar-refractivity contribution in [2.75, 3.05) is 19.7 Å². The van der Waals surface area contributed by atoms with Crippen molar-refractivity contribution in [3.63, 3.8) is 0 Å². The molecular weight excluding hydrogens is 495 g/mol. The quantitative estimate of drug-likeness (QED) is 0.374. The fourth-order valence-electron chi connectivity index (χ4n) is 4.42. The number of aryl methyl sites for hydroxylation is 2. The second-order valence-corrected chi connectivity index (χ2v) is 9.12. The van der Waals surface area contributed by atoms with Gasteiger partial charge in [0.15, 0.2) is 18.2 Å². The predicted octanol–water partition coefficient (Wildman–Crippen LogP) is 4.54. The minimum absolute atomic E-state index is 0.00310. The second kappa shape index (κ2) is 10.4. The molecule has 196 valence electrons. The minimum Gasteiger partial charge on any atom is -0.483 e. The number of para-hydroxylation sites is 1. The van der Waals surface area contributed by atoms with E-state index in [4.69, 9.17) is 19.0 Å². The lowest BCUT2D eigenvalue weighted by atomic mass is 9.97. The van der Waals surface area contributed by atoms with Crippen molar-refractivity contribution in [3.8, 4) is 29.0 Å². The molecule has 38 heavy (non-hydrogen) atoms. The number of benzene rings is 2. The number of carbonyl (C=O) groups is 2. The average molecular weight is 521 g/mol. The smallest absolute Gasteiger partial charge is 0.325 e. The van der Waals surface area contributed by atoms with Crippen molar-refractivity contribution in [1.29, 1.82) is 0 Å². The number of amides is 1. The summed E-state index contributed by atoms with van der Waals surface area (Å²) in [5, 5.41) is 9.13. The molecule has 2 aromatic carbocycles. The molecule has 0 saturated carbocycles. The van der Waals surface area contributed by atoms with Crippen LogP contribution in [-0.4, -0.2) is 56.5 Å². The SMILES string of the molecule is Cc1cc(-c2nc3cnc(Oc4ccccc4F)nc3o2)cc(C)c1OCC(=O)N1CCC(C(=O)O)CC1. The molecule has 1 amide bonds. The second-order valence-electron chi connectivity index (χ2n) is 9.12. The third kappa shape index (κ3) is 5.26. The first kappa shape index (κ1) is 25.1. The van der Waals surface area contributed by atoms with E-state index >= 15 is 0 Å². The lowest BCUT2D eigenvalue weighted by molar-refractivity contribution is -0.146. The van der Waals surface area contributed by atoms with E-state index in [9.17, 15) is 14.0 Å². The van der Waals surface area contributed by atoms with Gasteiger partial charge >= 0.3 is 12.0 Å². The van der Waals surface area contributed by atoms with Crippen molar-refractivity contribution in [2.24, 2.45) is 5.92 Å². The number of aliphatic carboxylic acids is 1. The molecule has 0 aliphatic carbocycles. The Labute approximate surface area is 217 Å². The number of hydrogen-bond acceptors (Lipinski definition) is 8. The Hall–Kier alpha value is -4.54. The molecule has 10 nitrogen and oxygen atoms in total. The van der Waals surface area contributed by atoms with Gasteiger partial charge in [-0.05, 0) is 62.1 Å². The van der Waals surface area contributed by atoms with Gasteiger partial charge in [0.2, 0.25) is 5.89 Å². The van der Waals surface area contributed by atoms with E-state index in [2.05, 4.69) is 15.0 Å². The molecule has 3 heterocycles. The summed E-state index contributed by atoms with van der Waals surface area (Å²) in [6.07, 6.45) is 2.33. The summed E-state index contributed by atoms with van der Waals surface area (Å²) >= 11 is 0. The van der Waals surface area contributed by atoms with Gasteiger partial charge in [-0.25, -0.2) is 14.4 Å². The molecule has 1 saturated heterocycles. The van der Waals surface area contributed by atoms with Crippen LogP contribution in [-0.2, 0) is 9.59 Å². The maximum atomic E-state index is 13.9. The van der Waals surface area contributed by atoms with Crippen molar-refractivity contribution in [3.05, 3.63) is 59.5 Å². The van der Waals surface area contributed by atoms with Gasteiger partial charge < -0.3 is 23.9 Å². The number of piperidine rings is 1. The van der Waals surface area contributed by atoms with Crippen LogP contribution in [0.3, 0.4) is 0 Å². The molecule has 1 aliphatic rings. The van der Waals surface area contributed by atoms with Gasteiger partial charge in [0, 0.05) is 18.7 Å². The maximum Gasteiger partial charge on any atom is 0.325 e. The zero-order valence-electron chi connectivity index (χ0n) is 20.8. The maximum absolute atomic E-state index is 13.9. The highest BCUT2D eigenvalue weighted by molar-refractivity contribution is 5.79. The number of halogens is 1. The van der Waals surface area contributed by atoms with Gasteiger partial charge in [-0.1, -0.05) is 12.1 Å². The summed E-state index contributed by atoms with van der Waals surface area (Å²) in [6, 6.07) is 9.54. The summed E-state index contributed by atoms with van der Waals surface area (Å²) in [4.78, 5) is 38.1. The van der Waals surface area contributed by atoms with E-state index in [1.807, 2.05) is 26.0 Å². The van der Waals surface area contributed by atoms with E-state index in [-0.39, 0.29) is 30.0 Å². The largest absolute Gasteiger partial charge is 0.483 e. The first-order valence-corrected chi connectivity index (χ1v) is 12.1. The van der Waals surface area contributed by atoms with Gasteiger partial charge in [0.05, 0.1) is 12.1 Å². The average Bonchev–Trinajstić information content (AvgIpc) is 3.33. The minimum atomic E-state index is -0.818. The predicted molar refractivity (Wildman–Crippen MR) is 133 cm³/mol. The summed E-state index contributed by atoms with van der Waals surface area (Å²) in [5.74, 6) is -1.04. The summed E-state index contributed by atoms with van der Waals surface area (Å²) in [6.45, 7) is 4.39. The normalized spacial score (nSPS) is 14.0. The number of ether oxygens (including phenoxy) is 2. The topological polar surface area (TPSA) is 128 Å². The zero-order chi connectivity index (χ0) is 26.8. The van der Waals surface area contributed by atoms with Gasteiger partial charge in [0.1, 0.15) is 11.3 Å². The number of fused-ring (bicyclic) bond motifs is 1. The van der Waals surface area contributed by atoms with Crippen LogP contribution in [0.5, 0.6) is 17.5 Å². The Kier molecular flexibility index (Phi) is 6.91.